The van der Waals surface area contributed by atoms with Crippen LogP contribution in [-0.4, -0.2) is 26.7 Å². The fraction of sp³-hybridized carbons (Fsp3) is 0.529. The molecule has 1 fully saturated rings. The number of anilines is 1. The molecular formula is C17H25N5. The minimum absolute atomic E-state index is 0.180. The quantitative estimate of drug-likeness (QED) is 0.852. The molecule has 2 aromatic heterocycles. The van der Waals surface area contributed by atoms with E-state index in [1.54, 1.807) is 0 Å². The topological polar surface area (TPSA) is 68.2 Å². The van der Waals surface area contributed by atoms with E-state index in [0.717, 1.165) is 42.0 Å². The molecule has 3 rings (SSSR count). The Kier molecular flexibility index (Phi) is 3.68. The number of rotatable bonds is 4. The smallest absolute Gasteiger partial charge is 0.160 e. The van der Waals surface area contributed by atoms with Crippen molar-refractivity contribution in [2.24, 2.45) is 5.73 Å². The van der Waals surface area contributed by atoms with Gasteiger partial charge in [0.1, 0.15) is 5.82 Å². The molecule has 0 amide bonds. The van der Waals surface area contributed by atoms with E-state index in [4.69, 9.17) is 10.7 Å². The standard InChI is InChI=1S/C17H25N5/c1-5-17(3,4)14-9-15(20-13-7-6-12(18)8-13)22-16(21-14)11(2)10-19-22/h5,9-10,12-13,20H,1,6-8,18H2,2-4H3/t12-,13-/m0/s1. The van der Waals surface area contributed by atoms with Crippen molar-refractivity contribution in [2.75, 3.05) is 5.32 Å². The van der Waals surface area contributed by atoms with Crippen molar-refractivity contribution < 1.29 is 0 Å². The average Bonchev–Trinajstić information content (AvgIpc) is 3.06. The van der Waals surface area contributed by atoms with E-state index >= 15 is 0 Å². The van der Waals surface area contributed by atoms with E-state index in [-0.39, 0.29) is 5.41 Å². The normalized spacial score (nSPS) is 22.2. The summed E-state index contributed by atoms with van der Waals surface area (Å²) in [7, 11) is 0. The van der Waals surface area contributed by atoms with Crippen LogP contribution in [0, 0.1) is 6.92 Å². The molecule has 118 valence electrons. The predicted octanol–water partition coefficient (Wildman–Crippen LogP) is 2.79. The van der Waals surface area contributed by atoms with Gasteiger partial charge in [-0.2, -0.15) is 9.61 Å². The fourth-order valence-corrected chi connectivity index (χ4v) is 2.97. The molecule has 0 saturated heterocycles. The maximum atomic E-state index is 6.03. The van der Waals surface area contributed by atoms with Crippen LogP contribution in [0.1, 0.15) is 44.4 Å². The Labute approximate surface area is 131 Å². The largest absolute Gasteiger partial charge is 0.367 e. The number of nitrogens with one attached hydrogen (secondary N) is 1. The van der Waals surface area contributed by atoms with Crippen LogP contribution in [0.2, 0.25) is 0 Å². The Bertz CT molecular complexity index is 700. The SMILES string of the molecule is C=CC(C)(C)c1cc(N[C@H]2CC[C@H](N)C2)n2ncc(C)c2n1. The zero-order chi connectivity index (χ0) is 15.9. The summed E-state index contributed by atoms with van der Waals surface area (Å²) < 4.78 is 1.89. The Balaban J connectivity index is 2.05. The maximum absolute atomic E-state index is 6.03. The molecule has 3 N–H and O–H groups in total. The number of aryl methyl sites for hydroxylation is 1. The monoisotopic (exact) mass is 299 g/mol. The number of hydrogen-bond acceptors (Lipinski definition) is 4. The Morgan fingerprint density at radius 3 is 2.86 bits per heavy atom. The first-order valence-corrected chi connectivity index (χ1v) is 7.92. The van der Waals surface area contributed by atoms with Gasteiger partial charge in [-0.15, -0.1) is 6.58 Å². The molecule has 1 saturated carbocycles. The first-order valence-electron chi connectivity index (χ1n) is 7.92. The van der Waals surface area contributed by atoms with Crippen LogP contribution in [0.25, 0.3) is 5.65 Å². The van der Waals surface area contributed by atoms with E-state index in [2.05, 4.69) is 36.9 Å². The van der Waals surface area contributed by atoms with E-state index in [9.17, 15) is 0 Å². The van der Waals surface area contributed by atoms with Crippen LogP contribution in [-0.2, 0) is 5.41 Å². The van der Waals surface area contributed by atoms with E-state index in [1.165, 1.54) is 0 Å². The van der Waals surface area contributed by atoms with Crippen molar-refractivity contribution in [1.29, 1.82) is 0 Å². The van der Waals surface area contributed by atoms with Crippen LogP contribution in [0.4, 0.5) is 5.82 Å². The number of fused-ring (bicyclic) bond motifs is 1. The third kappa shape index (κ3) is 2.61. The minimum Gasteiger partial charge on any atom is -0.367 e. The van der Waals surface area contributed by atoms with Crippen LogP contribution in [0.15, 0.2) is 24.9 Å². The summed E-state index contributed by atoms with van der Waals surface area (Å²) in [4.78, 5) is 4.79. The van der Waals surface area contributed by atoms with E-state index < -0.39 is 0 Å². The molecule has 5 heteroatoms. The number of nitrogens with two attached hydrogens (primary N) is 1. The molecule has 0 radical (unpaired) electrons. The van der Waals surface area contributed by atoms with Gasteiger partial charge in [0.25, 0.3) is 0 Å². The summed E-state index contributed by atoms with van der Waals surface area (Å²) in [6.45, 7) is 10.2. The van der Waals surface area contributed by atoms with Crippen LogP contribution < -0.4 is 11.1 Å². The molecule has 1 aliphatic rings. The number of hydrogen-bond donors (Lipinski definition) is 2. The van der Waals surface area contributed by atoms with Gasteiger partial charge in [-0.1, -0.05) is 19.9 Å². The van der Waals surface area contributed by atoms with Gasteiger partial charge in [0.05, 0.1) is 11.9 Å². The molecule has 0 bridgehead atoms. The fourth-order valence-electron chi connectivity index (χ4n) is 2.97. The first kappa shape index (κ1) is 15.0. The Morgan fingerprint density at radius 2 is 2.23 bits per heavy atom. The second-order valence-corrected chi connectivity index (χ2v) is 6.93. The molecule has 2 heterocycles. The average molecular weight is 299 g/mol. The van der Waals surface area contributed by atoms with Gasteiger partial charge in [-0.25, -0.2) is 4.98 Å². The summed E-state index contributed by atoms with van der Waals surface area (Å²) in [5.41, 5.74) is 8.83. The van der Waals surface area contributed by atoms with Gasteiger partial charge in [-0.3, -0.25) is 0 Å². The van der Waals surface area contributed by atoms with Crippen molar-refractivity contribution in [3.05, 3.63) is 36.2 Å². The molecule has 0 aliphatic heterocycles. The van der Waals surface area contributed by atoms with Crippen LogP contribution in [0.3, 0.4) is 0 Å². The molecule has 0 unspecified atom stereocenters. The Hall–Kier alpha value is -1.88. The lowest BCUT2D eigenvalue weighted by Gasteiger charge is -2.22. The molecule has 22 heavy (non-hydrogen) atoms. The highest BCUT2D eigenvalue weighted by Gasteiger charge is 2.25. The summed E-state index contributed by atoms with van der Waals surface area (Å²) >= 11 is 0. The van der Waals surface area contributed by atoms with Crippen molar-refractivity contribution >= 4 is 11.5 Å². The zero-order valence-corrected chi connectivity index (χ0v) is 13.6. The summed E-state index contributed by atoms with van der Waals surface area (Å²) in [6.07, 6.45) is 6.98. The summed E-state index contributed by atoms with van der Waals surface area (Å²) in [5, 5.41) is 8.07. The Morgan fingerprint density at radius 1 is 1.45 bits per heavy atom. The second-order valence-electron chi connectivity index (χ2n) is 6.93. The summed E-state index contributed by atoms with van der Waals surface area (Å²) in [6, 6.07) is 2.80. The first-order chi connectivity index (χ1) is 10.4. The molecule has 2 aromatic rings. The summed E-state index contributed by atoms with van der Waals surface area (Å²) in [5.74, 6) is 0.988. The molecule has 1 aliphatic carbocycles. The minimum atomic E-state index is -0.180. The third-order valence-electron chi connectivity index (χ3n) is 4.64. The number of allylic oxidation sites excluding steroid dienone is 1. The van der Waals surface area contributed by atoms with Gasteiger partial charge < -0.3 is 11.1 Å². The molecule has 0 spiro atoms. The lowest BCUT2D eigenvalue weighted by atomic mass is 9.89. The third-order valence-corrected chi connectivity index (χ3v) is 4.64. The van der Waals surface area contributed by atoms with Crippen molar-refractivity contribution in [3.8, 4) is 0 Å². The highest BCUT2D eigenvalue weighted by atomic mass is 15.3. The second kappa shape index (κ2) is 5.39. The van der Waals surface area contributed by atoms with Crippen LogP contribution >= 0.6 is 0 Å². The van der Waals surface area contributed by atoms with Gasteiger partial charge in [0, 0.05) is 29.1 Å². The van der Waals surface area contributed by atoms with Gasteiger partial charge in [-0.05, 0) is 26.2 Å². The van der Waals surface area contributed by atoms with Gasteiger partial charge in [0.2, 0.25) is 0 Å². The van der Waals surface area contributed by atoms with E-state index in [0.29, 0.717) is 12.1 Å². The highest BCUT2D eigenvalue weighted by molar-refractivity contribution is 5.55. The number of nitrogens with zero attached hydrogens (tertiary/aromatic N) is 3. The van der Waals surface area contributed by atoms with Crippen molar-refractivity contribution in [2.45, 2.75) is 57.5 Å². The van der Waals surface area contributed by atoms with Crippen molar-refractivity contribution in [1.82, 2.24) is 14.6 Å². The molecular weight excluding hydrogens is 274 g/mol. The lowest BCUT2D eigenvalue weighted by Crippen LogP contribution is -2.23. The van der Waals surface area contributed by atoms with Crippen LogP contribution in [0.5, 0.6) is 0 Å². The molecule has 2 atom stereocenters. The van der Waals surface area contributed by atoms with E-state index in [1.807, 2.05) is 23.7 Å². The van der Waals surface area contributed by atoms with Crippen molar-refractivity contribution in [3.63, 3.8) is 0 Å². The lowest BCUT2D eigenvalue weighted by molar-refractivity contribution is 0.641. The van der Waals surface area contributed by atoms with Gasteiger partial charge in [0.15, 0.2) is 5.65 Å². The maximum Gasteiger partial charge on any atom is 0.160 e. The number of aromatic nitrogens is 3. The molecule has 5 nitrogen and oxygen atoms in total. The predicted molar refractivity (Wildman–Crippen MR) is 90.2 cm³/mol. The highest BCUT2D eigenvalue weighted by Crippen LogP contribution is 2.28. The molecule has 0 aromatic carbocycles. The van der Waals surface area contributed by atoms with Gasteiger partial charge >= 0.3 is 0 Å². The zero-order valence-electron chi connectivity index (χ0n) is 13.6.